The highest BCUT2D eigenvalue weighted by Gasteiger charge is 2.35. The minimum absolute atomic E-state index is 0.0124. The number of likely N-dealkylation sites (N-methyl/N-ethyl adjacent to an activating group) is 1. The van der Waals surface area contributed by atoms with E-state index in [1.54, 1.807) is 44.2 Å². The Bertz CT molecular complexity index is 1230. The quantitative estimate of drug-likeness (QED) is 0.0331. The molecule has 10 N–H and O–H groups in total. The van der Waals surface area contributed by atoms with Crippen LogP contribution in [-0.4, -0.2) is 113 Å². The highest BCUT2D eigenvalue weighted by molar-refractivity contribution is 7.80. The van der Waals surface area contributed by atoms with Gasteiger partial charge in [-0.3, -0.25) is 29.0 Å². The summed E-state index contributed by atoms with van der Waals surface area (Å²) in [5, 5.41) is 29.8. The number of aliphatic imine (C=N–C) groups is 1. The van der Waals surface area contributed by atoms with Crippen LogP contribution in [0, 0.1) is 5.92 Å². The molecule has 256 valence electrons. The summed E-state index contributed by atoms with van der Waals surface area (Å²) in [6.45, 7) is 3.79. The van der Waals surface area contributed by atoms with Gasteiger partial charge in [0.05, 0.1) is 6.61 Å². The van der Waals surface area contributed by atoms with Crippen molar-refractivity contribution in [1.82, 2.24) is 26.2 Å². The molecule has 46 heavy (non-hydrogen) atoms. The molecule has 1 aromatic carbocycles. The average molecular weight is 667 g/mol. The third-order valence-electron chi connectivity index (χ3n) is 6.87. The molecule has 0 heterocycles. The number of aliphatic hydroxyl groups is 1. The molecule has 5 amide bonds. The number of aliphatic hydroxyl groups excluding tert-OH is 1. The number of hydrogen-bond donors (Lipinski definition) is 9. The van der Waals surface area contributed by atoms with Gasteiger partial charge in [-0.15, -0.1) is 0 Å². The van der Waals surface area contributed by atoms with E-state index in [9.17, 15) is 39.0 Å². The van der Waals surface area contributed by atoms with E-state index in [-0.39, 0.29) is 37.5 Å². The fraction of sp³-hybridized carbons (Fsp3) is 0.552. The molecule has 0 radical (unpaired) electrons. The molecule has 5 atom stereocenters. The fourth-order valence-corrected chi connectivity index (χ4v) is 4.60. The van der Waals surface area contributed by atoms with Gasteiger partial charge >= 0.3 is 5.97 Å². The van der Waals surface area contributed by atoms with Gasteiger partial charge in [0, 0.05) is 32.7 Å². The number of guanidine groups is 1. The molecule has 17 heteroatoms. The van der Waals surface area contributed by atoms with E-state index in [2.05, 4.69) is 38.9 Å². The molecule has 0 fully saturated rings. The van der Waals surface area contributed by atoms with E-state index in [4.69, 9.17) is 11.5 Å². The largest absolute Gasteiger partial charge is 0.480 e. The number of nitrogens with one attached hydrogen (secondary N) is 4. The van der Waals surface area contributed by atoms with Crippen LogP contribution in [-0.2, 0) is 35.2 Å². The number of carboxylic acids is 1. The number of carbonyl (C=O) groups is 6. The van der Waals surface area contributed by atoms with Crippen molar-refractivity contribution in [2.24, 2.45) is 22.4 Å². The van der Waals surface area contributed by atoms with E-state index in [1.807, 2.05) is 0 Å². The van der Waals surface area contributed by atoms with Crippen LogP contribution in [0.3, 0.4) is 0 Å². The highest BCUT2D eigenvalue weighted by Crippen LogP contribution is 2.11. The van der Waals surface area contributed by atoms with E-state index in [0.717, 1.165) is 4.90 Å². The molecule has 1 aromatic rings. The summed E-state index contributed by atoms with van der Waals surface area (Å²) >= 11 is 4.08. The Hall–Kier alpha value is -4.38. The van der Waals surface area contributed by atoms with E-state index >= 15 is 0 Å². The Morgan fingerprint density at radius 3 is 2.00 bits per heavy atom. The van der Waals surface area contributed by atoms with Crippen LogP contribution in [0.1, 0.15) is 39.2 Å². The molecule has 16 nitrogen and oxygen atoms in total. The maximum Gasteiger partial charge on any atom is 0.326 e. The van der Waals surface area contributed by atoms with Crippen LogP contribution in [0.2, 0.25) is 0 Å². The Balaban J connectivity index is 3.12. The van der Waals surface area contributed by atoms with Crippen molar-refractivity contribution in [3.8, 4) is 0 Å². The first-order valence-corrected chi connectivity index (χ1v) is 15.2. The van der Waals surface area contributed by atoms with Crippen LogP contribution in [0.5, 0.6) is 0 Å². The Kier molecular flexibility index (Phi) is 17.1. The highest BCUT2D eigenvalue weighted by atomic mass is 32.1. The van der Waals surface area contributed by atoms with Crippen LogP contribution >= 0.6 is 12.6 Å². The lowest BCUT2D eigenvalue weighted by atomic mass is 10.0. The van der Waals surface area contributed by atoms with Crippen molar-refractivity contribution < 1.29 is 39.0 Å². The van der Waals surface area contributed by atoms with Gasteiger partial charge in [-0.05, 0) is 24.3 Å². The van der Waals surface area contributed by atoms with Gasteiger partial charge in [-0.1, -0.05) is 44.2 Å². The summed E-state index contributed by atoms with van der Waals surface area (Å²) in [6, 6.07) is 2.40. The summed E-state index contributed by atoms with van der Waals surface area (Å²) < 4.78 is 0. The Morgan fingerprint density at radius 2 is 1.50 bits per heavy atom. The van der Waals surface area contributed by atoms with Crippen molar-refractivity contribution in [2.75, 3.05) is 26.0 Å². The third kappa shape index (κ3) is 13.3. The van der Waals surface area contributed by atoms with Gasteiger partial charge in [0.25, 0.3) is 0 Å². The predicted molar refractivity (Wildman–Crippen MR) is 173 cm³/mol. The molecule has 0 aliphatic carbocycles. The number of hydrogen-bond acceptors (Lipinski definition) is 9. The van der Waals surface area contributed by atoms with Crippen molar-refractivity contribution in [1.29, 1.82) is 0 Å². The Morgan fingerprint density at radius 1 is 0.913 bits per heavy atom. The van der Waals surface area contributed by atoms with Gasteiger partial charge in [0.1, 0.15) is 30.2 Å². The number of benzene rings is 1. The molecule has 0 aliphatic rings. The second-order valence-electron chi connectivity index (χ2n) is 10.9. The van der Waals surface area contributed by atoms with Gasteiger partial charge in [0.15, 0.2) is 5.96 Å². The van der Waals surface area contributed by atoms with Gasteiger partial charge in [0.2, 0.25) is 29.5 Å². The number of thiol groups is 1. The number of nitrogens with two attached hydrogens (primary N) is 2. The van der Waals surface area contributed by atoms with Crippen molar-refractivity contribution in [3.05, 3.63) is 35.9 Å². The maximum absolute atomic E-state index is 13.4. The normalized spacial score (nSPS) is 14.1. The summed E-state index contributed by atoms with van der Waals surface area (Å²) in [5.74, 6) is -5.59. The summed E-state index contributed by atoms with van der Waals surface area (Å²) in [5.41, 5.74) is 11.4. The lowest BCUT2D eigenvalue weighted by molar-refractivity contribution is -0.150. The second kappa shape index (κ2) is 19.9. The van der Waals surface area contributed by atoms with E-state index < -0.39 is 78.2 Å². The second-order valence-corrected chi connectivity index (χ2v) is 11.3. The molecule has 0 saturated heterocycles. The van der Waals surface area contributed by atoms with Crippen LogP contribution in [0.4, 0.5) is 0 Å². The summed E-state index contributed by atoms with van der Waals surface area (Å²) in [6.07, 6.45) is 0.309. The van der Waals surface area contributed by atoms with Crippen LogP contribution < -0.4 is 32.7 Å². The molecule has 0 aliphatic heterocycles. The molecule has 0 unspecified atom stereocenters. The maximum atomic E-state index is 13.4. The van der Waals surface area contributed by atoms with Crippen LogP contribution in [0.25, 0.3) is 0 Å². The standard InChI is InChI=1S/C29H46N8O8S/c1-16(2)23(36-24(40)19(11-8-12-32-29(30)31)34-25(41)21(15-46)33-17(3)39)26(42)35-20(14-38)27(43)37(4)22(28(44)45)13-18-9-6-5-7-10-18/h5-7,9-10,16,19-23,38,46H,8,11-15H2,1-4H3,(H,33,39)(H,34,41)(H,35,42)(H,36,40)(H,44,45)(H4,30,31,32)/t19-,20-,21-,22-,23-/m0/s1. The van der Waals surface area contributed by atoms with Crippen molar-refractivity contribution >= 4 is 54.1 Å². The monoisotopic (exact) mass is 666 g/mol. The zero-order valence-corrected chi connectivity index (χ0v) is 27.3. The number of carboxylic acid groups (broad SMARTS) is 1. The summed E-state index contributed by atoms with van der Waals surface area (Å²) in [4.78, 5) is 81.2. The number of nitrogens with zero attached hydrogens (tertiary/aromatic N) is 2. The lowest BCUT2D eigenvalue weighted by Crippen LogP contribution is -2.60. The average Bonchev–Trinajstić information content (AvgIpc) is 3.00. The molecule has 0 bridgehead atoms. The van der Waals surface area contributed by atoms with Crippen molar-refractivity contribution in [3.63, 3.8) is 0 Å². The molecule has 0 saturated carbocycles. The van der Waals surface area contributed by atoms with Gasteiger partial charge in [-0.25, -0.2) is 4.79 Å². The molecule has 1 rings (SSSR count). The van der Waals surface area contributed by atoms with E-state index in [0.29, 0.717) is 5.56 Å². The number of aliphatic carboxylic acids is 1. The molecule has 0 aromatic heterocycles. The molecular formula is C29H46N8O8S. The zero-order chi connectivity index (χ0) is 35.0. The first kappa shape index (κ1) is 39.6. The van der Waals surface area contributed by atoms with Gasteiger partial charge < -0.3 is 47.8 Å². The minimum Gasteiger partial charge on any atom is -0.480 e. The first-order valence-electron chi connectivity index (χ1n) is 14.6. The lowest BCUT2D eigenvalue weighted by Gasteiger charge is -2.30. The SMILES string of the molecule is CC(=O)N[C@@H](CS)C(=O)N[C@@H](CCCN=C(N)N)C(=O)N[C@H](C(=O)N[C@@H](CO)C(=O)N(C)[C@@H](Cc1ccccc1)C(=O)O)C(C)C. The number of carbonyl (C=O) groups excluding carboxylic acids is 5. The van der Waals surface area contributed by atoms with Crippen molar-refractivity contribution in [2.45, 2.75) is 70.2 Å². The Labute approximate surface area is 273 Å². The molecular weight excluding hydrogens is 620 g/mol. The van der Waals surface area contributed by atoms with Crippen LogP contribution in [0.15, 0.2) is 35.3 Å². The first-order chi connectivity index (χ1) is 21.6. The topological polar surface area (TPSA) is 259 Å². The zero-order valence-electron chi connectivity index (χ0n) is 26.4. The third-order valence-corrected chi connectivity index (χ3v) is 7.24. The fourth-order valence-electron chi connectivity index (χ4n) is 4.35. The number of rotatable bonds is 19. The van der Waals surface area contributed by atoms with E-state index in [1.165, 1.54) is 14.0 Å². The number of amides is 5. The summed E-state index contributed by atoms with van der Waals surface area (Å²) in [7, 11) is 1.26. The smallest absolute Gasteiger partial charge is 0.326 e. The predicted octanol–water partition coefficient (Wildman–Crippen LogP) is -2.27. The minimum atomic E-state index is -1.52. The van der Waals surface area contributed by atoms with Gasteiger partial charge in [-0.2, -0.15) is 12.6 Å². The molecule has 0 spiro atoms.